The maximum absolute atomic E-state index is 8.51. The monoisotopic (exact) mass is 392 g/mol. The van der Waals surface area contributed by atoms with E-state index >= 15 is 0 Å². The molecule has 0 heterocycles. The van der Waals surface area contributed by atoms with Gasteiger partial charge in [-0.3, -0.25) is 0 Å². The summed E-state index contributed by atoms with van der Waals surface area (Å²) in [6, 6.07) is 0. The van der Waals surface area contributed by atoms with E-state index in [1.54, 1.807) is 31.7 Å². The molecule has 0 unspecified atom stereocenters. The van der Waals surface area contributed by atoms with Gasteiger partial charge >= 0.3 is 26.2 Å². The van der Waals surface area contributed by atoms with Crippen molar-refractivity contribution in [3.05, 3.63) is 15.6 Å². The molecule has 0 atom stereocenters. The van der Waals surface area contributed by atoms with Crippen molar-refractivity contribution in [2.45, 2.75) is 0 Å². The quantitative estimate of drug-likeness (QED) is 0.305. The van der Waals surface area contributed by atoms with Crippen molar-refractivity contribution in [2.24, 2.45) is 31.7 Å². The summed E-state index contributed by atoms with van der Waals surface area (Å²) in [4.78, 5) is 0. The van der Waals surface area contributed by atoms with Gasteiger partial charge in [0.2, 0.25) is 0 Å². The summed E-state index contributed by atoms with van der Waals surface area (Å²) in [5.74, 6) is 0. The molecule has 0 aliphatic rings. The maximum atomic E-state index is 8.51. The molecule has 0 bridgehead atoms. The third-order valence-electron chi connectivity index (χ3n) is 0.110. The molecule has 2 radical (unpaired) electrons. The van der Waals surface area contributed by atoms with Crippen molar-refractivity contribution >= 4 is 26.2 Å². The summed E-state index contributed by atoms with van der Waals surface area (Å²) in [6.45, 7) is 0. The predicted molar refractivity (Wildman–Crippen MR) is 35.8 cm³/mol. The van der Waals surface area contributed by atoms with Gasteiger partial charge in [-0.05, 0) is 0 Å². The third-order valence-corrected chi connectivity index (χ3v) is 0.110. The van der Waals surface area contributed by atoms with Gasteiger partial charge in [0.05, 0.1) is 0 Å². The van der Waals surface area contributed by atoms with E-state index in [9.17, 15) is 0 Å². The van der Waals surface area contributed by atoms with Crippen LogP contribution in [0.1, 0.15) is 0 Å². The van der Waals surface area contributed by atoms with Gasteiger partial charge in [0.1, 0.15) is 0 Å². The summed E-state index contributed by atoms with van der Waals surface area (Å²) < 4.78 is 0. The van der Waals surface area contributed by atoms with Gasteiger partial charge in [0, 0.05) is 15.8 Å². The summed E-state index contributed by atoms with van der Waals surface area (Å²) in [7, 11) is 0. The fourth-order valence-electron chi connectivity index (χ4n) is 0. The van der Waals surface area contributed by atoms with E-state index in [4.69, 9.17) is 31.2 Å². The molecule has 0 aromatic heterocycles. The molecule has 0 aliphatic carbocycles. The van der Waals surface area contributed by atoms with Crippen molar-refractivity contribution in [2.75, 3.05) is 0 Å². The molecular formula is H3BiN6O6. The molecule has 0 saturated heterocycles. The molecule has 3 N–H and O–H groups in total. The first-order chi connectivity index (χ1) is 5.74. The van der Waals surface area contributed by atoms with Crippen LogP contribution in [0.3, 0.4) is 0 Å². The first kappa shape index (κ1) is 22.5. The van der Waals surface area contributed by atoms with Crippen molar-refractivity contribution in [3.8, 4) is 0 Å². The Morgan fingerprint density at radius 3 is 0.692 bits per heavy atom. The molecule has 0 amide bonds. The molecule has 0 saturated carbocycles. The van der Waals surface area contributed by atoms with Gasteiger partial charge in [0.15, 0.2) is 0 Å². The minimum atomic E-state index is 0. The fraction of sp³-hybridized carbons (Fsp3) is 0. The van der Waals surface area contributed by atoms with E-state index in [2.05, 4.69) is 0 Å². The van der Waals surface area contributed by atoms with Crippen LogP contribution < -0.4 is 0 Å². The Labute approximate surface area is 89.5 Å². The Balaban J connectivity index is -0.0000000450. The standard InChI is InChI=1S/Bi.3H2N2O2/c;3*3-1-2-4/h;3*(H,1,4)(H,2,3)/q+3;;;/p-3. The van der Waals surface area contributed by atoms with Crippen LogP contribution in [0.2, 0.25) is 0 Å². The topological polar surface area (TPSA) is 204 Å². The third kappa shape index (κ3) is 343. The molecule has 0 fully saturated rings. The number of hydrogen-bond donors (Lipinski definition) is 3. The normalized spacial score (nSPS) is 8.31. The Hall–Kier alpha value is -1.52. The van der Waals surface area contributed by atoms with Crippen LogP contribution in [0.15, 0.2) is 31.7 Å². The summed E-state index contributed by atoms with van der Waals surface area (Å²) in [5, 5.41) is 57.0. The Morgan fingerprint density at radius 1 is 0.615 bits per heavy atom. The summed E-state index contributed by atoms with van der Waals surface area (Å²) in [5.41, 5.74) is 0. The average molecular weight is 392 g/mol. The molecule has 12 nitrogen and oxygen atoms in total. The number of nitrogens with zero attached hydrogens (tertiary/aromatic N) is 6. The SMILES string of the molecule is [Bi+3].[O-]N=NO.[O-]N=NO.[O-]N=NO. The number of hydrogen-bond acceptors (Lipinski definition) is 9. The van der Waals surface area contributed by atoms with Crippen LogP contribution >= 0.6 is 0 Å². The van der Waals surface area contributed by atoms with Crippen LogP contribution in [0.5, 0.6) is 0 Å². The summed E-state index contributed by atoms with van der Waals surface area (Å²) >= 11 is 0. The Morgan fingerprint density at radius 2 is 0.692 bits per heavy atom. The second-order valence-corrected chi connectivity index (χ2v) is 0.513. The van der Waals surface area contributed by atoms with Gasteiger partial charge in [-0.2, -0.15) is 15.8 Å². The van der Waals surface area contributed by atoms with E-state index in [0.717, 1.165) is 0 Å². The maximum Gasteiger partial charge on any atom is 3.00 e. The fourth-order valence-corrected chi connectivity index (χ4v) is 0. The molecule has 13 heteroatoms. The first-order valence-electron chi connectivity index (χ1n) is 1.75. The van der Waals surface area contributed by atoms with Gasteiger partial charge in [0.25, 0.3) is 0 Å². The van der Waals surface area contributed by atoms with Crippen molar-refractivity contribution in [3.63, 3.8) is 0 Å². The second-order valence-electron chi connectivity index (χ2n) is 0.513. The molecule has 0 rings (SSSR count). The molecule has 13 heavy (non-hydrogen) atoms. The van der Waals surface area contributed by atoms with E-state index in [1.165, 1.54) is 0 Å². The zero-order valence-corrected chi connectivity index (χ0v) is 9.17. The minimum Gasteiger partial charge on any atom is -0.773 e. The molecule has 0 aromatic rings. The zero-order chi connectivity index (χ0) is 10.2. The molecule has 0 aromatic carbocycles. The Kier molecular flexibility index (Phi) is 81.3. The molecule has 74 valence electrons. The van der Waals surface area contributed by atoms with Crippen LogP contribution in [-0.4, -0.2) is 41.8 Å². The number of rotatable bonds is 0. The average Bonchev–Trinajstić information content (AvgIpc) is 2.18. The minimum absolute atomic E-state index is 0. The van der Waals surface area contributed by atoms with E-state index in [-0.39, 0.29) is 26.2 Å². The van der Waals surface area contributed by atoms with Crippen LogP contribution in [0.25, 0.3) is 0 Å². The van der Waals surface area contributed by atoms with Crippen molar-refractivity contribution in [1.82, 2.24) is 0 Å². The van der Waals surface area contributed by atoms with Gasteiger partial charge < -0.3 is 31.2 Å². The molecule has 0 spiro atoms. The predicted octanol–water partition coefficient (Wildman–Crippen LogP) is 0.596. The molecular weight excluding hydrogens is 389 g/mol. The smallest absolute Gasteiger partial charge is 0.773 e. The van der Waals surface area contributed by atoms with E-state index < -0.39 is 0 Å². The zero-order valence-electron chi connectivity index (χ0n) is 5.70. The van der Waals surface area contributed by atoms with Crippen LogP contribution in [-0.2, 0) is 0 Å². The Bertz CT molecular complexity index is 86.5. The van der Waals surface area contributed by atoms with E-state index in [0.29, 0.717) is 0 Å². The van der Waals surface area contributed by atoms with Gasteiger partial charge in [-0.1, -0.05) is 0 Å². The van der Waals surface area contributed by atoms with Crippen LogP contribution in [0, 0.1) is 15.6 Å². The largest absolute Gasteiger partial charge is 3.00 e. The van der Waals surface area contributed by atoms with Crippen LogP contribution in [0.4, 0.5) is 0 Å². The molecule has 0 aliphatic heterocycles. The first-order valence-corrected chi connectivity index (χ1v) is 1.75. The van der Waals surface area contributed by atoms with E-state index in [1.807, 2.05) is 0 Å². The van der Waals surface area contributed by atoms with Crippen molar-refractivity contribution < 1.29 is 15.6 Å². The van der Waals surface area contributed by atoms with Gasteiger partial charge in [-0.15, -0.1) is 0 Å². The van der Waals surface area contributed by atoms with Gasteiger partial charge in [-0.25, -0.2) is 0 Å². The van der Waals surface area contributed by atoms with Crippen molar-refractivity contribution in [1.29, 1.82) is 0 Å². The second kappa shape index (κ2) is 46.9. The summed E-state index contributed by atoms with van der Waals surface area (Å²) in [6.07, 6.45) is 0.